The van der Waals surface area contributed by atoms with Crippen LogP contribution in [0, 0.1) is 0 Å². The lowest BCUT2D eigenvalue weighted by Gasteiger charge is -2.11. The molecule has 1 N–H and O–H groups in total. The average Bonchev–Trinajstić information content (AvgIpc) is 2.78. The number of thioether (sulfide) groups is 1. The first-order valence-corrected chi connectivity index (χ1v) is 11.0. The zero-order chi connectivity index (χ0) is 22.1. The molecule has 31 heavy (non-hydrogen) atoms. The van der Waals surface area contributed by atoms with Crippen molar-refractivity contribution in [2.45, 2.75) is 11.5 Å². The van der Waals surface area contributed by atoms with Crippen molar-refractivity contribution in [1.29, 1.82) is 0 Å². The van der Waals surface area contributed by atoms with Gasteiger partial charge in [0.1, 0.15) is 6.61 Å². The van der Waals surface area contributed by atoms with Gasteiger partial charge in [0, 0.05) is 14.9 Å². The number of nitrogens with one attached hydrogen (secondary N) is 1. The van der Waals surface area contributed by atoms with Gasteiger partial charge < -0.3 is 9.47 Å². The molecule has 160 valence electrons. The molecule has 5 nitrogen and oxygen atoms in total. The number of halogens is 2. The van der Waals surface area contributed by atoms with E-state index in [-0.39, 0.29) is 11.7 Å². The highest BCUT2D eigenvalue weighted by atomic mass is 35.5. The molecule has 0 atom stereocenters. The minimum atomic E-state index is -0.203. The van der Waals surface area contributed by atoms with E-state index in [1.165, 1.54) is 11.8 Å². The van der Waals surface area contributed by atoms with E-state index in [1.807, 2.05) is 42.5 Å². The van der Waals surface area contributed by atoms with Crippen molar-refractivity contribution in [1.82, 2.24) is 5.43 Å². The highest BCUT2D eigenvalue weighted by Crippen LogP contribution is 2.28. The third-order valence-electron chi connectivity index (χ3n) is 4.08. The van der Waals surface area contributed by atoms with Crippen LogP contribution < -0.4 is 14.9 Å². The second kappa shape index (κ2) is 11.6. The molecule has 0 saturated carbocycles. The Balaban J connectivity index is 1.51. The van der Waals surface area contributed by atoms with Crippen LogP contribution in [-0.4, -0.2) is 25.0 Å². The zero-order valence-corrected chi connectivity index (χ0v) is 19.0. The standard InChI is InChI=1S/C23H20Cl2N2O3S/c1-29-22-12-17(4-11-21(22)30-14-16-2-5-18(24)6-3-16)13-26-27-23(28)15-31-20-9-7-19(25)8-10-20/h2-13H,14-15H2,1H3,(H,27,28)/b26-13-. The molecule has 0 unspecified atom stereocenters. The van der Waals surface area contributed by atoms with E-state index in [0.717, 1.165) is 16.0 Å². The first-order valence-electron chi connectivity index (χ1n) is 9.29. The van der Waals surface area contributed by atoms with Crippen LogP contribution in [0.15, 0.2) is 76.7 Å². The predicted octanol–water partition coefficient (Wildman–Crippen LogP) is 5.82. The van der Waals surface area contributed by atoms with Crippen molar-refractivity contribution < 1.29 is 14.3 Å². The maximum Gasteiger partial charge on any atom is 0.250 e. The van der Waals surface area contributed by atoms with Crippen LogP contribution in [0.5, 0.6) is 11.5 Å². The first kappa shape index (κ1) is 23.0. The zero-order valence-electron chi connectivity index (χ0n) is 16.7. The van der Waals surface area contributed by atoms with E-state index >= 15 is 0 Å². The number of ether oxygens (including phenoxy) is 2. The number of methoxy groups -OCH3 is 1. The van der Waals surface area contributed by atoms with Gasteiger partial charge in [-0.2, -0.15) is 5.10 Å². The fraction of sp³-hybridized carbons (Fsp3) is 0.130. The molecule has 8 heteroatoms. The summed E-state index contributed by atoms with van der Waals surface area (Å²) in [4.78, 5) is 12.9. The van der Waals surface area contributed by atoms with Crippen LogP contribution in [0.25, 0.3) is 0 Å². The number of benzene rings is 3. The summed E-state index contributed by atoms with van der Waals surface area (Å²) in [5, 5.41) is 5.35. The van der Waals surface area contributed by atoms with Crippen molar-refractivity contribution in [3.8, 4) is 11.5 Å². The summed E-state index contributed by atoms with van der Waals surface area (Å²) in [6.07, 6.45) is 1.55. The second-order valence-corrected chi connectivity index (χ2v) is 8.28. The van der Waals surface area contributed by atoms with Crippen LogP contribution in [0.2, 0.25) is 10.0 Å². The van der Waals surface area contributed by atoms with Crippen LogP contribution in [0.4, 0.5) is 0 Å². The van der Waals surface area contributed by atoms with Crippen LogP contribution in [0.3, 0.4) is 0 Å². The van der Waals surface area contributed by atoms with Crippen LogP contribution in [0.1, 0.15) is 11.1 Å². The molecule has 0 radical (unpaired) electrons. The third kappa shape index (κ3) is 7.51. The summed E-state index contributed by atoms with van der Waals surface area (Å²) in [5.41, 5.74) is 4.28. The molecule has 0 aliphatic rings. The lowest BCUT2D eigenvalue weighted by molar-refractivity contribution is -0.118. The Hall–Kier alpha value is -2.67. The SMILES string of the molecule is COc1cc(/C=N\NC(=O)CSc2ccc(Cl)cc2)ccc1OCc1ccc(Cl)cc1. The predicted molar refractivity (Wildman–Crippen MR) is 127 cm³/mol. The molecular weight excluding hydrogens is 455 g/mol. The Labute approximate surface area is 195 Å². The molecule has 0 saturated heterocycles. The average molecular weight is 475 g/mol. The molecule has 0 bridgehead atoms. The topological polar surface area (TPSA) is 59.9 Å². The van der Waals surface area contributed by atoms with Gasteiger partial charge in [0.2, 0.25) is 5.91 Å². The minimum Gasteiger partial charge on any atom is -0.493 e. The Morgan fingerprint density at radius 1 is 1.00 bits per heavy atom. The van der Waals surface area contributed by atoms with Gasteiger partial charge in [0.05, 0.1) is 19.1 Å². The number of carbonyl (C=O) groups excluding carboxylic acids is 1. The molecule has 0 spiro atoms. The maximum absolute atomic E-state index is 12.0. The third-order valence-corrected chi connectivity index (χ3v) is 5.60. The van der Waals surface area contributed by atoms with Gasteiger partial charge in [-0.15, -0.1) is 11.8 Å². The monoisotopic (exact) mass is 474 g/mol. The van der Waals surface area contributed by atoms with Crippen molar-refractivity contribution in [3.05, 3.63) is 87.9 Å². The minimum absolute atomic E-state index is 0.203. The van der Waals surface area contributed by atoms with Gasteiger partial charge in [-0.05, 0) is 65.7 Å². The smallest absolute Gasteiger partial charge is 0.250 e. The van der Waals surface area contributed by atoms with Gasteiger partial charge in [-0.25, -0.2) is 5.43 Å². The molecule has 0 aliphatic heterocycles. The van der Waals surface area contributed by atoms with Crippen molar-refractivity contribution in [3.63, 3.8) is 0 Å². The lowest BCUT2D eigenvalue weighted by Crippen LogP contribution is -2.19. The van der Waals surface area contributed by atoms with E-state index in [1.54, 1.807) is 37.6 Å². The molecule has 0 aliphatic carbocycles. The largest absolute Gasteiger partial charge is 0.493 e. The molecule has 0 aromatic heterocycles. The Bertz CT molecular complexity index is 1040. The van der Waals surface area contributed by atoms with Crippen molar-refractivity contribution >= 4 is 47.1 Å². The van der Waals surface area contributed by atoms with Gasteiger partial charge >= 0.3 is 0 Å². The Morgan fingerprint density at radius 3 is 2.35 bits per heavy atom. The highest BCUT2D eigenvalue weighted by Gasteiger charge is 2.06. The number of hydrogen-bond donors (Lipinski definition) is 1. The van der Waals surface area contributed by atoms with Crippen LogP contribution in [-0.2, 0) is 11.4 Å². The van der Waals surface area contributed by atoms with E-state index in [9.17, 15) is 4.79 Å². The van der Waals surface area contributed by atoms with E-state index < -0.39 is 0 Å². The fourth-order valence-corrected chi connectivity index (χ4v) is 3.46. The molecule has 1 amide bonds. The maximum atomic E-state index is 12.0. The Kier molecular flexibility index (Phi) is 8.64. The summed E-state index contributed by atoms with van der Waals surface area (Å²) in [6.45, 7) is 0.391. The summed E-state index contributed by atoms with van der Waals surface area (Å²) >= 11 is 13.2. The number of hydrogen-bond acceptors (Lipinski definition) is 5. The fourth-order valence-electron chi connectivity index (χ4n) is 2.52. The van der Waals surface area contributed by atoms with E-state index in [4.69, 9.17) is 32.7 Å². The summed E-state index contributed by atoms with van der Waals surface area (Å²) < 4.78 is 11.2. The number of carbonyl (C=O) groups is 1. The number of hydrazone groups is 1. The van der Waals surface area contributed by atoms with Gasteiger partial charge in [-0.1, -0.05) is 35.3 Å². The molecule has 3 aromatic rings. The van der Waals surface area contributed by atoms with Gasteiger partial charge in [0.25, 0.3) is 0 Å². The van der Waals surface area contributed by atoms with Crippen molar-refractivity contribution in [2.24, 2.45) is 5.10 Å². The summed E-state index contributed by atoms with van der Waals surface area (Å²) in [7, 11) is 1.57. The Morgan fingerprint density at radius 2 is 1.68 bits per heavy atom. The van der Waals surface area contributed by atoms with E-state index in [0.29, 0.717) is 28.2 Å². The molecule has 0 heterocycles. The van der Waals surface area contributed by atoms with Gasteiger partial charge in [0.15, 0.2) is 11.5 Å². The lowest BCUT2D eigenvalue weighted by atomic mass is 10.2. The first-order chi connectivity index (χ1) is 15.0. The van der Waals surface area contributed by atoms with Crippen molar-refractivity contribution in [2.75, 3.05) is 12.9 Å². The molecule has 3 aromatic carbocycles. The van der Waals surface area contributed by atoms with Crippen LogP contribution >= 0.6 is 35.0 Å². The summed E-state index contributed by atoms with van der Waals surface area (Å²) in [6, 6.07) is 20.2. The van der Waals surface area contributed by atoms with E-state index in [2.05, 4.69) is 10.5 Å². The van der Waals surface area contributed by atoms with Gasteiger partial charge in [-0.3, -0.25) is 4.79 Å². The highest BCUT2D eigenvalue weighted by molar-refractivity contribution is 8.00. The quantitative estimate of drug-likeness (QED) is 0.241. The second-order valence-electron chi connectivity index (χ2n) is 6.36. The molecular formula is C23H20Cl2N2O3S. The molecule has 0 fully saturated rings. The number of rotatable bonds is 9. The normalized spacial score (nSPS) is 10.8. The number of nitrogens with zero attached hydrogens (tertiary/aromatic N) is 1. The molecule has 3 rings (SSSR count). The summed E-state index contributed by atoms with van der Waals surface area (Å²) in [5.74, 6) is 1.23. The number of amides is 1.